The lowest BCUT2D eigenvalue weighted by Crippen LogP contribution is -2.29. The van der Waals surface area contributed by atoms with Crippen molar-refractivity contribution in [2.24, 2.45) is 5.84 Å². The van der Waals surface area contributed by atoms with Crippen molar-refractivity contribution in [2.75, 3.05) is 0 Å². The van der Waals surface area contributed by atoms with Crippen molar-refractivity contribution in [2.45, 2.75) is 6.04 Å². The smallest absolute Gasteiger partial charge is 0.134 e. The lowest BCUT2D eigenvalue weighted by molar-refractivity contribution is 0.470. The van der Waals surface area contributed by atoms with Crippen LogP contribution in [-0.4, -0.2) is 4.98 Å². The lowest BCUT2D eigenvalue weighted by Gasteiger charge is -2.13. The normalized spacial score (nSPS) is 12.7. The molecule has 0 fully saturated rings. The summed E-state index contributed by atoms with van der Waals surface area (Å²) in [6.45, 7) is 0. The van der Waals surface area contributed by atoms with Crippen molar-refractivity contribution < 1.29 is 4.42 Å². The maximum atomic E-state index is 5.83. The first kappa shape index (κ1) is 12.3. The molecule has 3 rings (SSSR count). The van der Waals surface area contributed by atoms with Crippen molar-refractivity contribution in [1.29, 1.82) is 0 Å². The third-order valence-corrected chi connectivity index (χ3v) is 3.63. The highest BCUT2D eigenvalue weighted by Gasteiger charge is 2.20. The highest BCUT2D eigenvalue weighted by molar-refractivity contribution is 9.10. The molecule has 0 saturated carbocycles. The molecule has 2 heterocycles. The molecular formula is C14H12BrN3O. The number of aromatic nitrogens is 1. The Hall–Kier alpha value is -1.69. The fourth-order valence-corrected chi connectivity index (χ4v) is 2.53. The van der Waals surface area contributed by atoms with Crippen molar-refractivity contribution in [1.82, 2.24) is 10.4 Å². The SMILES string of the molecule is NNC(c1cc2ccccc2o1)c1ncccc1Br. The fraction of sp³-hybridized carbons (Fsp3) is 0.0714. The van der Waals surface area contributed by atoms with E-state index in [9.17, 15) is 0 Å². The van der Waals surface area contributed by atoms with E-state index >= 15 is 0 Å². The first-order valence-corrected chi connectivity index (χ1v) is 6.64. The Bertz CT molecular complexity index is 677. The fourth-order valence-electron chi connectivity index (χ4n) is 2.05. The number of hydrazine groups is 1. The minimum atomic E-state index is -0.289. The number of furan rings is 1. The second-order valence-corrected chi connectivity index (χ2v) is 5.01. The van der Waals surface area contributed by atoms with Crippen molar-refractivity contribution in [3.8, 4) is 0 Å². The van der Waals surface area contributed by atoms with Crippen LogP contribution >= 0.6 is 15.9 Å². The number of nitrogens with one attached hydrogen (secondary N) is 1. The van der Waals surface area contributed by atoms with E-state index in [0.717, 1.165) is 26.9 Å². The second-order valence-electron chi connectivity index (χ2n) is 4.16. The molecular weight excluding hydrogens is 306 g/mol. The summed E-state index contributed by atoms with van der Waals surface area (Å²) in [4.78, 5) is 4.35. The lowest BCUT2D eigenvalue weighted by atomic mass is 10.1. The standard InChI is InChI=1S/C14H12BrN3O/c15-10-5-3-7-17-13(10)14(18-16)12-8-9-4-1-2-6-11(9)19-12/h1-8,14,18H,16H2. The Kier molecular flexibility index (Phi) is 3.33. The minimum Gasteiger partial charge on any atom is -0.459 e. The second kappa shape index (κ2) is 5.13. The van der Waals surface area contributed by atoms with Crippen molar-refractivity contribution in [3.05, 3.63) is 64.6 Å². The van der Waals surface area contributed by atoms with Gasteiger partial charge in [0.15, 0.2) is 0 Å². The molecule has 1 aromatic carbocycles. The molecule has 2 aromatic heterocycles. The summed E-state index contributed by atoms with van der Waals surface area (Å²) in [5.74, 6) is 6.40. The van der Waals surface area contributed by atoms with Gasteiger partial charge in [0.05, 0.1) is 5.69 Å². The van der Waals surface area contributed by atoms with Crippen LogP contribution in [0, 0.1) is 0 Å². The summed E-state index contributed by atoms with van der Waals surface area (Å²) in [5.41, 5.74) is 4.38. The zero-order valence-corrected chi connectivity index (χ0v) is 11.6. The Balaban J connectivity index is 2.09. The van der Waals surface area contributed by atoms with Crippen LogP contribution in [0.15, 0.2) is 57.6 Å². The molecule has 0 aliphatic carbocycles. The third-order valence-electron chi connectivity index (χ3n) is 2.96. The van der Waals surface area contributed by atoms with Crippen molar-refractivity contribution >= 4 is 26.9 Å². The molecule has 1 atom stereocenters. The topological polar surface area (TPSA) is 64.1 Å². The predicted octanol–water partition coefficient (Wildman–Crippen LogP) is 3.14. The summed E-state index contributed by atoms with van der Waals surface area (Å²) in [7, 11) is 0. The minimum absolute atomic E-state index is 0.289. The number of nitrogens with zero attached hydrogens (tertiary/aromatic N) is 1. The van der Waals surface area contributed by atoms with E-state index < -0.39 is 0 Å². The molecule has 0 aliphatic heterocycles. The molecule has 4 nitrogen and oxygen atoms in total. The molecule has 3 N–H and O–H groups in total. The van der Waals surface area contributed by atoms with E-state index in [1.54, 1.807) is 6.20 Å². The molecule has 5 heteroatoms. The molecule has 0 saturated heterocycles. The number of pyridine rings is 1. The van der Waals surface area contributed by atoms with Gasteiger partial charge in [0.2, 0.25) is 0 Å². The quantitative estimate of drug-likeness (QED) is 0.575. The van der Waals surface area contributed by atoms with E-state index in [1.165, 1.54) is 0 Å². The molecule has 0 spiro atoms. The molecule has 96 valence electrons. The van der Waals surface area contributed by atoms with Gasteiger partial charge in [0, 0.05) is 16.1 Å². The molecule has 0 aliphatic rings. The summed E-state index contributed by atoms with van der Waals surface area (Å²) >= 11 is 3.48. The zero-order chi connectivity index (χ0) is 13.2. The number of para-hydroxylation sites is 1. The maximum absolute atomic E-state index is 5.83. The molecule has 0 radical (unpaired) electrons. The molecule has 0 amide bonds. The molecule has 0 bridgehead atoms. The van der Waals surface area contributed by atoms with Gasteiger partial charge in [0.1, 0.15) is 17.4 Å². The van der Waals surface area contributed by atoms with Gasteiger partial charge in [-0.1, -0.05) is 18.2 Å². The monoisotopic (exact) mass is 317 g/mol. The number of halogens is 1. The summed E-state index contributed by atoms with van der Waals surface area (Å²) in [6.07, 6.45) is 1.73. The number of rotatable bonds is 3. The Morgan fingerprint density at radius 3 is 2.79 bits per heavy atom. The molecule has 3 aromatic rings. The van der Waals surface area contributed by atoms with E-state index in [1.807, 2.05) is 42.5 Å². The predicted molar refractivity (Wildman–Crippen MR) is 77.3 cm³/mol. The third kappa shape index (κ3) is 2.28. The van der Waals surface area contributed by atoms with Crippen LogP contribution in [0.5, 0.6) is 0 Å². The first-order chi connectivity index (χ1) is 9.29. The number of nitrogens with two attached hydrogens (primary N) is 1. The van der Waals surface area contributed by atoms with Crippen LogP contribution in [0.2, 0.25) is 0 Å². The van der Waals surface area contributed by atoms with Crippen LogP contribution in [0.1, 0.15) is 17.5 Å². The maximum Gasteiger partial charge on any atom is 0.134 e. The first-order valence-electron chi connectivity index (χ1n) is 5.84. The van der Waals surface area contributed by atoms with Gasteiger partial charge >= 0.3 is 0 Å². The number of hydrogen-bond donors (Lipinski definition) is 2. The van der Waals surface area contributed by atoms with Gasteiger partial charge in [-0.3, -0.25) is 10.8 Å². The largest absolute Gasteiger partial charge is 0.459 e. The zero-order valence-electron chi connectivity index (χ0n) is 10.0. The van der Waals surface area contributed by atoms with Crippen LogP contribution in [0.25, 0.3) is 11.0 Å². The van der Waals surface area contributed by atoms with Crippen LogP contribution in [-0.2, 0) is 0 Å². The van der Waals surface area contributed by atoms with Gasteiger partial charge in [-0.15, -0.1) is 0 Å². The van der Waals surface area contributed by atoms with Gasteiger partial charge in [0.25, 0.3) is 0 Å². The number of benzene rings is 1. The van der Waals surface area contributed by atoms with Crippen LogP contribution < -0.4 is 11.3 Å². The van der Waals surface area contributed by atoms with E-state index in [4.69, 9.17) is 10.3 Å². The molecule has 1 unspecified atom stereocenters. The van der Waals surface area contributed by atoms with Crippen molar-refractivity contribution in [3.63, 3.8) is 0 Å². The summed E-state index contributed by atoms with van der Waals surface area (Å²) in [6, 6.07) is 13.3. The van der Waals surface area contributed by atoms with E-state index in [2.05, 4.69) is 26.3 Å². The van der Waals surface area contributed by atoms with E-state index in [-0.39, 0.29) is 6.04 Å². The van der Waals surface area contributed by atoms with Gasteiger partial charge in [-0.05, 0) is 40.2 Å². The summed E-state index contributed by atoms with van der Waals surface area (Å²) in [5, 5.41) is 1.05. The van der Waals surface area contributed by atoms with Crippen LogP contribution in [0.4, 0.5) is 0 Å². The van der Waals surface area contributed by atoms with Crippen LogP contribution in [0.3, 0.4) is 0 Å². The summed E-state index contributed by atoms with van der Waals surface area (Å²) < 4.78 is 6.71. The highest BCUT2D eigenvalue weighted by atomic mass is 79.9. The highest BCUT2D eigenvalue weighted by Crippen LogP contribution is 2.30. The molecule has 19 heavy (non-hydrogen) atoms. The van der Waals surface area contributed by atoms with Gasteiger partial charge in [-0.2, -0.15) is 0 Å². The Labute approximate surface area is 118 Å². The number of hydrogen-bond acceptors (Lipinski definition) is 4. The Morgan fingerprint density at radius 1 is 1.21 bits per heavy atom. The average Bonchev–Trinajstić information content (AvgIpc) is 2.85. The van der Waals surface area contributed by atoms with E-state index in [0.29, 0.717) is 0 Å². The Morgan fingerprint density at radius 2 is 2.05 bits per heavy atom. The average molecular weight is 318 g/mol. The van der Waals surface area contributed by atoms with Gasteiger partial charge in [-0.25, -0.2) is 5.43 Å². The van der Waals surface area contributed by atoms with Gasteiger partial charge < -0.3 is 4.42 Å². The number of fused-ring (bicyclic) bond motifs is 1.